The van der Waals surface area contributed by atoms with Crippen molar-refractivity contribution in [2.75, 3.05) is 12.3 Å². The molecule has 33 heavy (non-hydrogen) atoms. The third kappa shape index (κ3) is 5.74. The molecular formula is C24H21Cl2N5OS. The van der Waals surface area contributed by atoms with Crippen molar-refractivity contribution in [3.8, 4) is 17.1 Å². The van der Waals surface area contributed by atoms with Gasteiger partial charge in [-0.15, -0.1) is 10.2 Å². The van der Waals surface area contributed by atoms with E-state index < -0.39 is 0 Å². The molecule has 0 radical (unpaired) electrons. The van der Waals surface area contributed by atoms with Crippen molar-refractivity contribution in [3.05, 3.63) is 88.2 Å². The molecule has 4 aromatic rings. The second-order valence-corrected chi connectivity index (χ2v) is 9.05. The van der Waals surface area contributed by atoms with Crippen LogP contribution in [0.2, 0.25) is 10.0 Å². The molecule has 4 rings (SSSR count). The molecule has 0 bridgehead atoms. The Morgan fingerprint density at radius 1 is 1.06 bits per heavy atom. The highest BCUT2D eigenvalue weighted by atomic mass is 35.5. The van der Waals surface area contributed by atoms with Gasteiger partial charge in [0.15, 0.2) is 11.0 Å². The first kappa shape index (κ1) is 23.3. The van der Waals surface area contributed by atoms with E-state index in [-0.39, 0.29) is 11.7 Å². The van der Waals surface area contributed by atoms with Crippen LogP contribution < -0.4 is 5.32 Å². The largest absolute Gasteiger partial charge is 0.355 e. The zero-order valence-corrected chi connectivity index (χ0v) is 20.2. The number of hydrogen-bond acceptors (Lipinski definition) is 5. The summed E-state index contributed by atoms with van der Waals surface area (Å²) < 4.78 is 1.85. The molecule has 0 aliphatic heterocycles. The van der Waals surface area contributed by atoms with Gasteiger partial charge in [-0.1, -0.05) is 59.2 Å². The molecule has 0 saturated carbocycles. The first-order chi connectivity index (χ1) is 16.0. The Bertz CT molecular complexity index is 1260. The molecule has 0 aliphatic carbocycles. The normalized spacial score (nSPS) is 10.9. The Hall–Kier alpha value is -2.87. The van der Waals surface area contributed by atoms with Crippen LogP contribution in [0.3, 0.4) is 0 Å². The summed E-state index contributed by atoms with van der Waals surface area (Å²) in [6.07, 6.45) is 4.19. The van der Waals surface area contributed by atoms with Crippen LogP contribution in [0.25, 0.3) is 17.1 Å². The van der Waals surface area contributed by atoms with Crippen molar-refractivity contribution in [2.24, 2.45) is 0 Å². The van der Waals surface area contributed by atoms with E-state index in [2.05, 4.69) is 39.6 Å². The molecular weight excluding hydrogens is 477 g/mol. The van der Waals surface area contributed by atoms with Crippen LogP contribution >= 0.6 is 35.0 Å². The Labute approximate surface area is 206 Å². The molecule has 2 aromatic heterocycles. The number of thioether (sulfide) groups is 1. The summed E-state index contributed by atoms with van der Waals surface area (Å²) in [7, 11) is 0. The lowest BCUT2D eigenvalue weighted by atomic mass is 10.1. The lowest BCUT2D eigenvalue weighted by Gasteiger charge is -2.11. The molecule has 0 saturated heterocycles. The summed E-state index contributed by atoms with van der Waals surface area (Å²) in [5, 5.41) is 13.1. The number of aryl methyl sites for hydroxylation is 1. The topological polar surface area (TPSA) is 72.7 Å². The SMILES string of the molecule is Cc1ccccc1CCNC(=O)CSc1nnc(-c2cccnc2)n1-c1ccc(Cl)c(Cl)c1. The fourth-order valence-electron chi connectivity index (χ4n) is 3.31. The van der Waals surface area contributed by atoms with Crippen LogP contribution in [0.4, 0.5) is 0 Å². The molecule has 2 aromatic carbocycles. The minimum absolute atomic E-state index is 0.0693. The van der Waals surface area contributed by atoms with Crippen LogP contribution in [0.15, 0.2) is 72.1 Å². The van der Waals surface area contributed by atoms with E-state index in [1.54, 1.807) is 24.5 Å². The number of carbonyl (C=O) groups excluding carboxylic acids is 1. The average molecular weight is 498 g/mol. The molecule has 168 valence electrons. The standard InChI is InChI=1S/C24H21Cl2N5OS/c1-16-5-2-3-6-17(16)10-12-28-22(32)15-33-24-30-29-23(18-7-4-11-27-14-18)31(24)19-8-9-20(25)21(26)13-19/h2-9,11,13-14H,10,12,15H2,1H3,(H,28,32). The molecule has 0 aliphatic rings. The van der Waals surface area contributed by atoms with Crippen LogP contribution in [-0.2, 0) is 11.2 Å². The fraction of sp³-hybridized carbons (Fsp3) is 0.167. The van der Waals surface area contributed by atoms with Gasteiger partial charge in [0.2, 0.25) is 5.91 Å². The molecule has 0 unspecified atom stereocenters. The van der Waals surface area contributed by atoms with E-state index in [4.69, 9.17) is 23.2 Å². The van der Waals surface area contributed by atoms with Crippen LogP contribution in [0.5, 0.6) is 0 Å². The highest BCUT2D eigenvalue weighted by molar-refractivity contribution is 7.99. The Kier molecular flexibility index (Phi) is 7.65. The Morgan fingerprint density at radius 2 is 1.91 bits per heavy atom. The van der Waals surface area contributed by atoms with Gasteiger partial charge in [0.05, 0.1) is 21.5 Å². The molecule has 6 nitrogen and oxygen atoms in total. The highest BCUT2D eigenvalue weighted by Crippen LogP contribution is 2.31. The average Bonchev–Trinajstić information content (AvgIpc) is 3.25. The lowest BCUT2D eigenvalue weighted by molar-refractivity contribution is -0.118. The van der Waals surface area contributed by atoms with E-state index in [0.717, 1.165) is 17.7 Å². The number of pyridine rings is 1. The van der Waals surface area contributed by atoms with Gasteiger partial charge >= 0.3 is 0 Å². The number of halogens is 2. The number of nitrogens with zero attached hydrogens (tertiary/aromatic N) is 4. The molecule has 1 N–H and O–H groups in total. The molecule has 0 spiro atoms. The Morgan fingerprint density at radius 3 is 2.67 bits per heavy atom. The van der Waals surface area contributed by atoms with Gasteiger partial charge in [-0.25, -0.2) is 0 Å². The maximum Gasteiger partial charge on any atom is 0.230 e. The van der Waals surface area contributed by atoms with E-state index in [1.165, 1.54) is 22.9 Å². The first-order valence-electron chi connectivity index (χ1n) is 10.3. The van der Waals surface area contributed by atoms with Crippen molar-refractivity contribution in [3.63, 3.8) is 0 Å². The summed E-state index contributed by atoms with van der Waals surface area (Å²) in [4.78, 5) is 16.7. The number of benzene rings is 2. The summed E-state index contributed by atoms with van der Waals surface area (Å²) >= 11 is 13.7. The number of hydrogen-bond donors (Lipinski definition) is 1. The number of nitrogens with one attached hydrogen (secondary N) is 1. The smallest absolute Gasteiger partial charge is 0.230 e. The summed E-state index contributed by atoms with van der Waals surface area (Å²) in [5.74, 6) is 0.740. The van der Waals surface area contributed by atoms with Gasteiger partial charge in [0, 0.05) is 24.5 Å². The van der Waals surface area contributed by atoms with E-state index in [9.17, 15) is 4.79 Å². The lowest BCUT2D eigenvalue weighted by Crippen LogP contribution is -2.27. The van der Waals surface area contributed by atoms with Gasteiger partial charge in [-0.2, -0.15) is 0 Å². The van der Waals surface area contributed by atoms with Crippen molar-refractivity contribution in [1.29, 1.82) is 0 Å². The van der Waals surface area contributed by atoms with Gasteiger partial charge in [-0.3, -0.25) is 14.3 Å². The fourth-order valence-corrected chi connectivity index (χ4v) is 4.38. The third-order valence-electron chi connectivity index (χ3n) is 5.02. The predicted octanol–water partition coefficient (Wildman–Crippen LogP) is 5.40. The quantitative estimate of drug-likeness (QED) is 0.330. The number of amides is 1. The van der Waals surface area contributed by atoms with Gasteiger partial charge < -0.3 is 5.32 Å². The molecule has 0 fully saturated rings. The predicted molar refractivity (Wildman–Crippen MR) is 133 cm³/mol. The molecule has 0 atom stereocenters. The summed E-state index contributed by atoms with van der Waals surface area (Å²) in [6, 6.07) is 17.2. The van der Waals surface area contributed by atoms with Crippen molar-refractivity contribution < 1.29 is 4.79 Å². The minimum atomic E-state index is -0.0693. The second-order valence-electron chi connectivity index (χ2n) is 7.30. The van der Waals surface area contributed by atoms with Crippen LogP contribution in [0.1, 0.15) is 11.1 Å². The third-order valence-corrected chi connectivity index (χ3v) is 6.69. The number of carbonyl (C=O) groups is 1. The van der Waals surface area contributed by atoms with Crippen molar-refractivity contribution in [1.82, 2.24) is 25.1 Å². The monoisotopic (exact) mass is 497 g/mol. The molecule has 9 heteroatoms. The van der Waals surface area contributed by atoms with E-state index in [1.807, 2.05) is 34.9 Å². The molecule has 2 heterocycles. The van der Waals surface area contributed by atoms with Crippen LogP contribution in [0, 0.1) is 6.92 Å². The number of aromatic nitrogens is 4. The van der Waals surface area contributed by atoms with E-state index in [0.29, 0.717) is 27.6 Å². The van der Waals surface area contributed by atoms with Gasteiger partial charge in [-0.05, 0) is 54.8 Å². The van der Waals surface area contributed by atoms with Crippen molar-refractivity contribution >= 4 is 40.9 Å². The molecule has 1 amide bonds. The zero-order chi connectivity index (χ0) is 23.2. The van der Waals surface area contributed by atoms with Crippen LogP contribution in [-0.4, -0.2) is 38.0 Å². The van der Waals surface area contributed by atoms with Gasteiger partial charge in [0.1, 0.15) is 0 Å². The Balaban J connectivity index is 1.49. The first-order valence-corrected chi connectivity index (χ1v) is 12.0. The minimum Gasteiger partial charge on any atom is -0.355 e. The summed E-state index contributed by atoms with van der Waals surface area (Å²) in [5.41, 5.74) is 3.99. The zero-order valence-electron chi connectivity index (χ0n) is 17.8. The maximum atomic E-state index is 12.5. The maximum absolute atomic E-state index is 12.5. The summed E-state index contributed by atoms with van der Waals surface area (Å²) in [6.45, 7) is 2.65. The second kappa shape index (κ2) is 10.8. The highest BCUT2D eigenvalue weighted by Gasteiger charge is 2.18. The number of rotatable bonds is 8. The van der Waals surface area contributed by atoms with E-state index >= 15 is 0 Å². The van der Waals surface area contributed by atoms with Gasteiger partial charge in [0.25, 0.3) is 0 Å². The van der Waals surface area contributed by atoms with Crippen molar-refractivity contribution in [2.45, 2.75) is 18.5 Å².